The van der Waals surface area contributed by atoms with Gasteiger partial charge in [-0.2, -0.15) is 0 Å². The Balaban J connectivity index is 2.30. The van der Waals surface area contributed by atoms with Crippen LogP contribution in [0.5, 0.6) is 0 Å². The maximum absolute atomic E-state index is 8.90. The van der Waals surface area contributed by atoms with Crippen molar-refractivity contribution in [3.05, 3.63) is 0 Å². The van der Waals surface area contributed by atoms with Gasteiger partial charge in [-0.25, -0.2) is 0 Å². The van der Waals surface area contributed by atoms with Gasteiger partial charge >= 0.3 is 0 Å². The predicted octanol–water partition coefficient (Wildman–Crippen LogP) is -0.872. The van der Waals surface area contributed by atoms with Gasteiger partial charge in [-0.3, -0.25) is 0 Å². The number of rotatable bonds is 1. The molecule has 0 aromatic heterocycles. The summed E-state index contributed by atoms with van der Waals surface area (Å²) in [5, 5.41) is 17.4. The lowest BCUT2D eigenvalue weighted by molar-refractivity contribution is 0.00406. The van der Waals surface area contributed by atoms with Crippen LogP contribution in [0, 0.1) is 0 Å². The van der Waals surface area contributed by atoms with Crippen LogP contribution in [-0.4, -0.2) is 35.6 Å². The summed E-state index contributed by atoms with van der Waals surface area (Å²) in [6.45, 7) is 0.508. The van der Waals surface area contributed by atoms with Crippen molar-refractivity contribution in [2.45, 2.75) is 18.6 Å². The fourth-order valence-corrected chi connectivity index (χ4v) is 0.812. The van der Waals surface area contributed by atoms with E-state index in [4.69, 9.17) is 14.9 Å². The molecule has 1 aliphatic rings. The molecule has 3 nitrogen and oxygen atoms in total. The first-order chi connectivity index (χ1) is 3.84. The summed E-state index contributed by atoms with van der Waals surface area (Å²) in [5.74, 6) is 0. The highest BCUT2D eigenvalue weighted by atomic mass is 16.5. The molecule has 1 rings (SSSR count). The Morgan fingerprint density at radius 2 is 2.38 bits per heavy atom. The predicted molar refractivity (Wildman–Crippen MR) is 27.4 cm³/mol. The molecular formula is C5H10O3. The molecule has 2 atom stereocenters. The molecule has 1 fully saturated rings. The number of ether oxygens (including phenoxy) is 1. The molecule has 0 saturated carbocycles. The maximum atomic E-state index is 8.90. The first-order valence-corrected chi connectivity index (χ1v) is 2.75. The van der Waals surface area contributed by atoms with Crippen LogP contribution in [0.15, 0.2) is 0 Å². The van der Waals surface area contributed by atoms with Crippen LogP contribution in [-0.2, 0) is 4.74 Å². The van der Waals surface area contributed by atoms with E-state index >= 15 is 0 Å². The third kappa shape index (κ3) is 0.992. The molecule has 0 bridgehead atoms. The fourth-order valence-electron chi connectivity index (χ4n) is 0.812. The molecule has 2 unspecified atom stereocenters. The van der Waals surface area contributed by atoms with Gasteiger partial charge in [-0.1, -0.05) is 0 Å². The highest BCUT2D eigenvalue weighted by Gasteiger charge is 2.24. The summed E-state index contributed by atoms with van der Waals surface area (Å²) >= 11 is 0. The molecule has 0 aromatic rings. The number of aliphatic hydroxyl groups excluding tert-OH is 2. The molecule has 2 N–H and O–H groups in total. The molecule has 1 saturated heterocycles. The first kappa shape index (κ1) is 6.01. The highest BCUT2D eigenvalue weighted by molar-refractivity contribution is 4.73. The van der Waals surface area contributed by atoms with E-state index in [2.05, 4.69) is 0 Å². The van der Waals surface area contributed by atoms with Crippen molar-refractivity contribution in [3.8, 4) is 0 Å². The Labute approximate surface area is 47.9 Å². The molecule has 3 heteroatoms. The van der Waals surface area contributed by atoms with E-state index in [1.54, 1.807) is 0 Å². The third-order valence-corrected chi connectivity index (χ3v) is 1.35. The van der Waals surface area contributed by atoms with Crippen LogP contribution < -0.4 is 0 Å². The minimum Gasteiger partial charge on any atom is -0.394 e. The van der Waals surface area contributed by atoms with Gasteiger partial charge in [-0.05, 0) is 6.42 Å². The average Bonchev–Trinajstić information content (AvgIpc) is 2.14. The van der Waals surface area contributed by atoms with Crippen LogP contribution in [0.25, 0.3) is 0 Å². The molecule has 48 valence electrons. The van der Waals surface area contributed by atoms with E-state index < -0.39 is 6.10 Å². The molecule has 1 aliphatic heterocycles. The van der Waals surface area contributed by atoms with E-state index in [0.29, 0.717) is 13.0 Å². The van der Waals surface area contributed by atoms with Crippen LogP contribution in [0.3, 0.4) is 0 Å². The average molecular weight is 118 g/mol. The second-order valence-electron chi connectivity index (χ2n) is 1.95. The zero-order valence-corrected chi connectivity index (χ0v) is 4.58. The van der Waals surface area contributed by atoms with E-state index in [0.717, 1.165) is 0 Å². The van der Waals surface area contributed by atoms with Crippen LogP contribution in [0.2, 0.25) is 0 Å². The summed E-state index contributed by atoms with van der Waals surface area (Å²) in [7, 11) is 0. The molecule has 1 heterocycles. The van der Waals surface area contributed by atoms with Gasteiger partial charge in [0.15, 0.2) is 0 Å². The summed E-state index contributed by atoms with van der Waals surface area (Å²) in [6, 6.07) is 0. The topological polar surface area (TPSA) is 49.7 Å². The van der Waals surface area contributed by atoms with Crippen molar-refractivity contribution in [2.24, 2.45) is 0 Å². The molecular weight excluding hydrogens is 108 g/mol. The van der Waals surface area contributed by atoms with Crippen molar-refractivity contribution in [1.82, 2.24) is 0 Å². The Morgan fingerprint density at radius 3 is 2.62 bits per heavy atom. The summed E-state index contributed by atoms with van der Waals surface area (Å²) in [6.07, 6.45) is -0.111. The quantitative estimate of drug-likeness (QED) is 0.470. The molecule has 0 spiro atoms. The Kier molecular flexibility index (Phi) is 1.83. The lowest BCUT2D eigenvalue weighted by atomic mass is 10.2. The largest absolute Gasteiger partial charge is 0.394 e. The summed E-state index contributed by atoms with van der Waals surface area (Å²) < 4.78 is 4.91. The van der Waals surface area contributed by atoms with E-state index in [1.165, 1.54) is 0 Å². The van der Waals surface area contributed by atoms with E-state index in [1.807, 2.05) is 0 Å². The first-order valence-electron chi connectivity index (χ1n) is 2.75. The van der Waals surface area contributed by atoms with Crippen molar-refractivity contribution >= 4 is 0 Å². The minimum atomic E-state index is -0.444. The van der Waals surface area contributed by atoms with Gasteiger partial charge in [0.1, 0.15) is 6.10 Å². The van der Waals surface area contributed by atoms with Gasteiger partial charge in [0.2, 0.25) is 0 Å². The second kappa shape index (κ2) is 2.44. The van der Waals surface area contributed by atoms with Crippen LogP contribution in [0.4, 0.5) is 0 Å². The summed E-state index contributed by atoms with van der Waals surface area (Å²) in [5.41, 5.74) is 0. The monoisotopic (exact) mass is 118 g/mol. The maximum Gasteiger partial charge on any atom is 0.106 e. The zero-order valence-electron chi connectivity index (χ0n) is 4.58. The van der Waals surface area contributed by atoms with E-state index in [9.17, 15) is 0 Å². The molecule has 0 amide bonds. The number of aliphatic hydroxyl groups is 2. The van der Waals surface area contributed by atoms with Gasteiger partial charge in [0.05, 0.1) is 12.7 Å². The Morgan fingerprint density at radius 1 is 1.62 bits per heavy atom. The van der Waals surface area contributed by atoms with Gasteiger partial charge in [-0.15, -0.1) is 0 Å². The standard InChI is InChI=1S/C5H10O3/c6-3-5-4(7)1-2-8-5/h4-7H,1-3H2. The van der Waals surface area contributed by atoms with E-state index in [-0.39, 0.29) is 12.7 Å². The zero-order chi connectivity index (χ0) is 5.98. The molecule has 8 heavy (non-hydrogen) atoms. The number of hydrogen-bond acceptors (Lipinski definition) is 3. The summed E-state index contributed by atoms with van der Waals surface area (Å²) in [4.78, 5) is 0. The Bertz CT molecular complexity index is 74.1. The normalized spacial score (nSPS) is 38.2. The van der Waals surface area contributed by atoms with Gasteiger partial charge < -0.3 is 14.9 Å². The molecule has 0 aromatic carbocycles. The molecule has 0 aliphatic carbocycles. The third-order valence-electron chi connectivity index (χ3n) is 1.35. The van der Waals surface area contributed by atoms with Crippen molar-refractivity contribution in [2.75, 3.05) is 13.2 Å². The van der Waals surface area contributed by atoms with Crippen molar-refractivity contribution in [1.29, 1.82) is 0 Å². The second-order valence-corrected chi connectivity index (χ2v) is 1.95. The Hall–Kier alpha value is -0.120. The van der Waals surface area contributed by atoms with Crippen LogP contribution in [0.1, 0.15) is 6.42 Å². The SMILES string of the molecule is OCC1OCCC1O. The van der Waals surface area contributed by atoms with Crippen molar-refractivity contribution in [3.63, 3.8) is 0 Å². The minimum absolute atomic E-state index is 0.0683. The van der Waals surface area contributed by atoms with Crippen molar-refractivity contribution < 1.29 is 14.9 Å². The van der Waals surface area contributed by atoms with Crippen LogP contribution >= 0.6 is 0 Å². The smallest absolute Gasteiger partial charge is 0.106 e. The number of hydrogen-bond donors (Lipinski definition) is 2. The lowest BCUT2D eigenvalue weighted by Crippen LogP contribution is -2.24. The lowest BCUT2D eigenvalue weighted by Gasteiger charge is -2.07. The van der Waals surface area contributed by atoms with Gasteiger partial charge in [0.25, 0.3) is 0 Å². The fraction of sp³-hybridized carbons (Fsp3) is 1.00. The molecule has 0 radical (unpaired) electrons. The van der Waals surface area contributed by atoms with Gasteiger partial charge in [0, 0.05) is 6.61 Å². The highest BCUT2D eigenvalue weighted by Crippen LogP contribution is 2.11.